The van der Waals surface area contributed by atoms with E-state index < -0.39 is 43.1 Å². The Balaban J connectivity index is -0.000000139. The molecule has 5 unspecified atom stereocenters. The first-order valence-corrected chi connectivity index (χ1v) is 4.86. The molecular weight excluding hydrogens is 291 g/mol. The third-order valence-electron chi connectivity index (χ3n) is 1.76. The predicted octanol–water partition coefficient (Wildman–Crippen LogP) is -9.08. The van der Waals surface area contributed by atoms with E-state index in [1.165, 1.54) is 0 Å². The van der Waals surface area contributed by atoms with Gasteiger partial charge in [-0.2, -0.15) is 0 Å². The summed E-state index contributed by atoms with van der Waals surface area (Å²) in [5.74, 6) is -1.44. The van der Waals surface area contributed by atoms with Gasteiger partial charge in [0.05, 0.1) is 18.7 Å². The van der Waals surface area contributed by atoms with E-state index in [1.807, 2.05) is 0 Å². The van der Waals surface area contributed by atoms with Gasteiger partial charge < -0.3 is 50.8 Å². The first-order chi connectivity index (χ1) is 8.18. The Labute approximate surface area is 136 Å². The molecule has 0 aliphatic carbocycles. The summed E-state index contributed by atoms with van der Waals surface area (Å²) in [6.45, 7) is 0.374. The third-order valence-corrected chi connectivity index (χ3v) is 1.76. The fraction of sp³-hybridized carbons (Fsp3) is 0.778. The quantitative estimate of drug-likeness (QED) is 0.203. The molecular formula is C9H19NaO10. The van der Waals surface area contributed by atoms with Crippen molar-refractivity contribution in [1.29, 1.82) is 0 Å². The monoisotopic (exact) mass is 310 g/mol. The van der Waals surface area contributed by atoms with Gasteiger partial charge in [0, 0.05) is 0 Å². The van der Waals surface area contributed by atoms with Gasteiger partial charge >= 0.3 is 29.6 Å². The normalized spacial score (nSPS) is 16.8. The van der Waals surface area contributed by atoms with E-state index in [9.17, 15) is 14.7 Å². The molecule has 0 saturated heterocycles. The third kappa shape index (κ3) is 12.9. The summed E-state index contributed by atoms with van der Waals surface area (Å²) in [5.41, 5.74) is 0. The van der Waals surface area contributed by atoms with Gasteiger partial charge in [-0.3, -0.25) is 0 Å². The Morgan fingerprint density at radius 2 is 1.50 bits per heavy atom. The maximum absolute atomic E-state index is 9.90. The second-order valence-corrected chi connectivity index (χ2v) is 3.35. The Hall–Kier alpha value is -0.140. The fourth-order valence-corrected chi connectivity index (χ4v) is 0.618. The van der Waals surface area contributed by atoms with Gasteiger partial charge in [-0.05, 0) is 6.92 Å². The van der Waals surface area contributed by atoms with Crippen molar-refractivity contribution in [3.63, 3.8) is 0 Å². The summed E-state index contributed by atoms with van der Waals surface area (Å²) >= 11 is 0. The minimum Gasteiger partial charge on any atom is -0.547 e. The number of carbonyl (C=O) groups excluding carboxylic acids is 2. The van der Waals surface area contributed by atoms with Crippen molar-refractivity contribution in [3.8, 4) is 0 Å². The molecule has 0 spiro atoms. The summed E-state index contributed by atoms with van der Waals surface area (Å²) in [6.07, 6.45) is -8.18. The number of hydrogen-bond acceptors (Lipinski definition) is 9. The summed E-state index contributed by atoms with van der Waals surface area (Å²) in [4.78, 5) is 19.2. The molecule has 0 fully saturated rings. The number of hydrogen-bond donors (Lipinski definition) is 6. The molecule has 0 saturated carbocycles. The average molecular weight is 310 g/mol. The number of carbonyl (C=O) groups is 2. The molecule has 0 bridgehead atoms. The smallest absolute Gasteiger partial charge is 0.547 e. The van der Waals surface area contributed by atoms with E-state index in [4.69, 9.17) is 30.6 Å². The molecule has 8 N–H and O–H groups in total. The van der Waals surface area contributed by atoms with Gasteiger partial charge in [0.25, 0.3) is 0 Å². The van der Waals surface area contributed by atoms with E-state index in [0.717, 1.165) is 6.92 Å². The van der Waals surface area contributed by atoms with Crippen LogP contribution in [-0.4, -0.2) is 85.5 Å². The van der Waals surface area contributed by atoms with E-state index in [1.54, 1.807) is 0 Å². The zero-order chi connectivity index (χ0) is 14.9. The molecule has 0 radical (unpaired) electrons. The van der Waals surface area contributed by atoms with Crippen LogP contribution in [0.4, 0.5) is 0 Å². The molecule has 116 valence electrons. The zero-order valence-corrected chi connectivity index (χ0v) is 13.1. The Morgan fingerprint density at radius 3 is 1.70 bits per heavy atom. The standard InChI is InChI=1S/C6H12O6.C3H6O3.Na.H2O/c7-1-3(9)5(11)6(12)4(10)2-8;1-2(4)3(5)6;;/h1,3-6,8-12H,2H2;2,4H,1H3,(H,5,6);;1H2/q;;+1;/p-1. The molecule has 0 heterocycles. The van der Waals surface area contributed by atoms with E-state index in [0.29, 0.717) is 0 Å². The van der Waals surface area contributed by atoms with Crippen LogP contribution in [0.25, 0.3) is 0 Å². The summed E-state index contributed by atoms with van der Waals surface area (Å²) in [6, 6.07) is 0. The number of carboxylic acids is 1. The Morgan fingerprint density at radius 1 is 1.15 bits per heavy atom. The second kappa shape index (κ2) is 15.3. The molecule has 5 atom stereocenters. The number of aliphatic hydroxyl groups excluding tert-OH is 6. The Bertz CT molecular complexity index is 249. The minimum absolute atomic E-state index is 0. The van der Waals surface area contributed by atoms with Gasteiger partial charge in [0.15, 0.2) is 6.29 Å². The van der Waals surface area contributed by atoms with Crippen LogP contribution in [0, 0.1) is 0 Å². The van der Waals surface area contributed by atoms with Crippen molar-refractivity contribution in [2.24, 2.45) is 0 Å². The average Bonchev–Trinajstić information content (AvgIpc) is 2.35. The number of aliphatic carboxylic acids is 1. The van der Waals surface area contributed by atoms with E-state index >= 15 is 0 Å². The molecule has 20 heavy (non-hydrogen) atoms. The van der Waals surface area contributed by atoms with Gasteiger partial charge in [-0.25, -0.2) is 0 Å². The summed E-state index contributed by atoms with van der Waals surface area (Å²) in [5, 5.41) is 60.8. The minimum atomic E-state index is -1.79. The molecule has 10 nitrogen and oxygen atoms in total. The molecule has 0 aromatic carbocycles. The van der Waals surface area contributed by atoms with Gasteiger partial charge in [-0.1, -0.05) is 0 Å². The van der Waals surface area contributed by atoms with Crippen molar-refractivity contribution in [3.05, 3.63) is 0 Å². The van der Waals surface area contributed by atoms with Crippen molar-refractivity contribution < 1.29 is 80.4 Å². The topological polar surface area (TPSA) is 210 Å². The maximum Gasteiger partial charge on any atom is 1.00 e. The van der Waals surface area contributed by atoms with Crippen LogP contribution >= 0.6 is 0 Å². The molecule has 11 heteroatoms. The van der Waals surface area contributed by atoms with Gasteiger partial charge in [0.1, 0.15) is 24.4 Å². The van der Waals surface area contributed by atoms with Crippen LogP contribution in [0.5, 0.6) is 0 Å². The zero-order valence-electron chi connectivity index (χ0n) is 11.1. The first-order valence-electron chi connectivity index (χ1n) is 4.86. The predicted molar refractivity (Wildman–Crippen MR) is 57.5 cm³/mol. The molecule has 0 aliphatic rings. The van der Waals surface area contributed by atoms with Crippen molar-refractivity contribution >= 4 is 12.3 Å². The van der Waals surface area contributed by atoms with Gasteiger partial charge in [0.2, 0.25) is 0 Å². The van der Waals surface area contributed by atoms with Crippen LogP contribution in [0.1, 0.15) is 6.92 Å². The van der Waals surface area contributed by atoms with Crippen molar-refractivity contribution in [2.75, 3.05) is 6.61 Å². The number of rotatable bonds is 6. The number of aliphatic hydroxyl groups is 6. The van der Waals surface area contributed by atoms with Crippen molar-refractivity contribution in [1.82, 2.24) is 0 Å². The molecule has 0 aromatic heterocycles. The van der Waals surface area contributed by atoms with Crippen molar-refractivity contribution in [2.45, 2.75) is 37.4 Å². The summed E-state index contributed by atoms with van der Waals surface area (Å²) in [7, 11) is 0. The van der Waals surface area contributed by atoms with Crippen LogP contribution in [-0.2, 0) is 9.59 Å². The molecule has 0 aliphatic heterocycles. The number of aldehydes is 1. The van der Waals surface area contributed by atoms with Crippen LogP contribution in [0.2, 0.25) is 0 Å². The SMILES string of the molecule is CC(O)C(=O)[O-].O.O=CC(O)C(O)C(O)C(O)CO.[Na+]. The number of carboxylic acid groups (broad SMARTS) is 1. The van der Waals surface area contributed by atoms with Gasteiger partial charge in [-0.15, -0.1) is 0 Å². The molecule has 0 amide bonds. The van der Waals surface area contributed by atoms with Crippen LogP contribution in [0.3, 0.4) is 0 Å². The van der Waals surface area contributed by atoms with Crippen LogP contribution < -0.4 is 34.7 Å². The second-order valence-electron chi connectivity index (χ2n) is 3.35. The van der Waals surface area contributed by atoms with E-state index in [-0.39, 0.29) is 41.3 Å². The van der Waals surface area contributed by atoms with Crippen LogP contribution in [0.15, 0.2) is 0 Å². The first kappa shape index (κ1) is 28.1. The maximum atomic E-state index is 9.90. The Kier molecular flexibility index (Phi) is 21.4. The van der Waals surface area contributed by atoms with E-state index in [2.05, 4.69) is 0 Å². The molecule has 0 aromatic rings. The largest absolute Gasteiger partial charge is 1.00 e. The summed E-state index contributed by atoms with van der Waals surface area (Å²) < 4.78 is 0. The molecule has 0 rings (SSSR count). The fourth-order valence-electron chi connectivity index (χ4n) is 0.618.